The van der Waals surface area contributed by atoms with Crippen molar-refractivity contribution >= 4 is 17.8 Å². The van der Waals surface area contributed by atoms with Crippen LogP contribution in [0.4, 0.5) is 0 Å². The Morgan fingerprint density at radius 2 is 1.94 bits per heavy atom. The second-order valence-electron chi connectivity index (χ2n) is 3.62. The molecule has 1 atom stereocenters. The van der Waals surface area contributed by atoms with E-state index in [1.807, 2.05) is 6.92 Å². The lowest BCUT2D eigenvalue weighted by molar-refractivity contribution is -0.149. The topological polar surface area (TPSA) is 63.7 Å². The minimum Gasteiger partial charge on any atom is -0.463 e. The highest BCUT2D eigenvalue weighted by Crippen LogP contribution is 2.06. The molecular weight excluding hydrogens is 210 g/mol. The molecule has 1 aliphatic heterocycles. The van der Waals surface area contributed by atoms with Gasteiger partial charge in [-0.2, -0.15) is 0 Å². The zero-order valence-corrected chi connectivity index (χ0v) is 9.43. The zero-order valence-electron chi connectivity index (χ0n) is 9.43. The third-order valence-corrected chi connectivity index (χ3v) is 2.35. The van der Waals surface area contributed by atoms with Gasteiger partial charge in [-0.25, -0.2) is 0 Å². The van der Waals surface area contributed by atoms with Gasteiger partial charge < -0.3 is 4.74 Å². The van der Waals surface area contributed by atoms with Crippen molar-refractivity contribution in [2.75, 3.05) is 6.54 Å². The van der Waals surface area contributed by atoms with Crippen molar-refractivity contribution in [3.05, 3.63) is 12.2 Å². The second-order valence-corrected chi connectivity index (χ2v) is 3.62. The van der Waals surface area contributed by atoms with Gasteiger partial charge in [-0.15, -0.1) is 0 Å². The number of carbonyl (C=O) groups is 3. The molecule has 0 aromatic heterocycles. The maximum absolute atomic E-state index is 11.3. The van der Waals surface area contributed by atoms with E-state index >= 15 is 0 Å². The molecule has 0 saturated heterocycles. The van der Waals surface area contributed by atoms with Crippen LogP contribution < -0.4 is 0 Å². The van der Waals surface area contributed by atoms with Gasteiger partial charge in [0.25, 0.3) is 11.8 Å². The average Bonchev–Trinajstić information content (AvgIpc) is 2.56. The Balaban J connectivity index is 2.32. The number of imide groups is 1. The molecule has 0 aliphatic carbocycles. The Morgan fingerprint density at radius 3 is 2.44 bits per heavy atom. The standard InChI is InChI=1S/C11H15NO4/c1-3-8(2)16-11(15)6-7-12-9(13)4-5-10(12)14/h4-5,8H,3,6-7H2,1-2H3. The molecule has 0 N–H and O–H groups in total. The van der Waals surface area contributed by atoms with Gasteiger partial charge in [-0.05, 0) is 13.3 Å². The maximum atomic E-state index is 11.3. The van der Waals surface area contributed by atoms with Crippen molar-refractivity contribution in [1.82, 2.24) is 4.90 Å². The Morgan fingerprint density at radius 1 is 1.38 bits per heavy atom. The van der Waals surface area contributed by atoms with Crippen LogP contribution in [0.2, 0.25) is 0 Å². The number of ether oxygens (including phenoxy) is 1. The van der Waals surface area contributed by atoms with Crippen molar-refractivity contribution in [3.8, 4) is 0 Å². The van der Waals surface area contributed by atoms with Crippen molar-refractivity contribution < 1.29 is 19.1 Å². The van der Waals surface area contributed by atoms with Crippen LogP contribution in [0.5, 0.6) is 0 Å². The van der Waals surface area contributed by atoms with Gasteiger partial charge in [0.2, 0.25) is 0 Å². The second kappa shape index (κ2) is 5.44. The van der Waals surface area contributed by atoms with Crippen LogP contribution >= 0.6 is 0 Å². The monoisotopic (exact) mass is 225 g/mol. The highest BCUT2D eigenvalue weighted by Gasteiger charge is 2.23. The summed E-state index contributed by atoms with van der Waals surface area (Å²) in [6, 6.07) is 0. The van der Waals surface area contributed by atoms with E-state index in [2.05, 4.69) is 0 Å². The Hall–Kier alpha value is -1.65. The SMILES string of the molecule is CCC(C)OC(=O)CCN1C(=O)C=CC1=O. The maximum Gasteiger partial charge on any atom is 0.307 e. The van der Waals surface area contributed by atoms with Crippen molar-refractivity contribution in [1.29, 1.82) is 0 Å². The predicted octanol–water partition coefficient (Wildman–Crippen LogP) is 0.643. The van der Waals surface area contributed by atoms with Crippen molar-refractivity contribution in [2.45, 2.75) is 32.8 Å². The van der Waals surface area contributed by atoms with E-state index in [0.717, 1.165) is 11.3 Å². The molecule has 2 amide bonds. The molecule has 5 nitrogen and oxygen atoms in total. The molecule has 0 bridgehead atoms. The van der Waals surface area contributed by atoms with Crippen LogP contribution in [0.25, 0.3) is 0 Å². The lowest BCUT2D eigenvalue weighted by Gasteiger charge is -2.14. The Bertz CT molecular complexity index is 317. The number of amides is 2. The summed E-state index contributed by atoms with van der Waals surface area (Å²) in [7, 11) is 0. The van der Waals surface area contributed by atoms with E-state index in [4.69, 9.17) is 4.74 Å². The number of rotatable bonds is 5. The fourth-order valence-electron chi connectivity index (χ4n) is 1.22. The fourth-order valence-corrected chi connectivity index (χ4v) is 1.22. The normalized spacial score (nSPS) is 16.8. The summed E-state index contributed by atoms with van der Waals surface area (Å²) >= 11 is 0. The number of carbonyl (C=O) groups excluding carboxylic acids is 3. The first-order valence-corrected chi connectivity index (χ1v) is 5.27. The summed E-state index contributed by atoms with van der Waals surface area (Å²) < 4.78 is 5.02. The number of nitrogens with zero attached hydrogens (tertiary/aromatic N) is 1. The van der Waals surface area contributed by atoms with Crippen LogP contribution in [0.15, 0.2) is 12.2 Å². The molecule has 0 aromatic rings. The summed E-state index contributed by atoms with van der Waals surface area (Å²) in [5.41, 5.74) is 0. The van der Waals surface area contributed by atoms with E-state index in [1.165, 1.54) is 12.2 Å². The summed E-state index contributed by atoms with van der Waals surface area (Å²) in [6.45, 7) is 3.79. The number of hydrogen-bond acceptors (Lipinski definition) is 4. The molecule has 0 spiro atoms. The van der Waals surface area contributed by atoms with E-state index in [1.54, 1.807) is 6.92 Å². The first kappa shape index (κ1) is 12.4. The third-order valence-electron chi connectivity index (χ3n) is 2.35. The minimum absolute atomic E-state index is 0.0451. The first-order chi connectivity index (χ1) is 7.54. The molecule has 88 valence electrons. The predicted molar refractivity (Wildman–Crippen MR) is 56.3 cm³/mol. The average molecular weight is 225 g/mol. The first-order valence-electron chi connectivity index (χ1n) is 5.27. The van der Waals surface area contributed by atoms with Gasteiger partial charge in [0.15, 0.2) is 0 Å². The van der Waals surface area contributed by atoms with Crippen LogP contribution in [-0.2, 0) is 19.1 Å². The highest BCUT2D eigenvalue weighted by molar-refractivity contribution is 6.12. The van der Waals surface area contributed by atoms with Gasteiger partial charge in [-0.1, -0.05) is 6.92 Å². The van der Waals surface area contributed by atoms with Gasteiger partial charge in [-0.3, -0.25) is 19.3 Å². The lowest BCUT2D eigenvalue weighted by Crippen LogP contribution is -2.32. The zero-order chi connectivity index (χ0) is 12.1. The molecule has 5 heteroatoms. The lowest BCUT2D eigenvalue weighted by atomic mass is 10.3. The van der Waals surface area contributed by atoms with E-state index in [-0.39, 0.29) is 36.9 Å². The highest BCUT2D eigenvalue weighted by atomic mass is 16.5. The molecule has 0 aromatic carbocycles. The quantitative estimate of drug-likeness (QED) is 0.509. The van der Waals surface area contributed by atoms with Gasteiger partial charge in [0.05, 0.1) is 12.5 Å². The summed E-state index contributed by atoms with van der Waals surface area (Å²) in [5.74, 6) is -1.13. The van der Waals surface area contributed by atoms with Gasteiger partial charge in [0, 0.05) is 18.7 Å². The number of esters is 1. The van der Waals surface area contributed by atoms with Gasteiger partial charge >= 0.3 is 5.97 Å². The molecule has 1 rings (SSSR count). The molecule has 16 heavy (non-hydrogen) atoms. The molecule has 1 aliphatic rings. The van der Waals surface area contributed by atoms with E-state index < -0.39 is 0 Å². The van der Waals surface area contributed by atoms with Crippen LogP contribution in [0.3, 0.4) is 0 Å². The molecular formula is C11H15NO4. The molecule has 0 saturated carbocycles. The molecule has 1 unspecified atom stereocenters. The summed E-state index contributed by atoms with van der Waals surface area (Å²) in [5, 5.41) is 0. The minimum atomic E-state index is -0.387. The van der Waals surface area contributed by atoms with Crippen LogP contribution in [-0.4, -0.2) is 35.3 Å². The molecule has 0 radical (unpaired) electrons. The van der Waals surface area contributed by atoms with Crippen LogP contribution in [0, 0.1) is 0 Å². The number of hydrogen-bond donors (Lipinski definition) is 0. The summed E-state index contributed by atoms with van der Waals surface area (Å²) in [6.07, 6.45) is 3.05. The molecule has 1 heterocycles. The van der Waals surface area contributed by atoms with Gasteiger partial charge in [0.1, 0.15) is 0 Å². The van der Waals surface area contributed by atoms with E-state index in [9.17, 15) is 14.4 Å². The van der Waals surface area contributed by atoms with Crippen molar-refractivity contribution in [2.24, 2.45) is 0 Å². The Kier molecular flexibility index (Phi) is 4.22. The third kappa shape index (κ3) is 3.18. The largest absolute Gasteiger partial charge is 0.463 e. The molecule has 0 fully saturated rings. The fraction of sp³-hybridized carbons (Fsp3) is 0.545. The smallest absolute Gasteiger partial charge is 0.307 e. The van der Waals surface area contributed by atoms with Crippen LogP contribution in [0.1, 0.15) is 26.7 Å². The van der Waals surface area contributed by atoms with E-state index in [0.29, 0.717) is 0 Å². The van der Waals surface area contributed by atoms with Crippen molar-refractivity contribution in [3.63, 3.8) is 0 Å². The Labute approximate surface area is 94.1 Å². The summed E-state index contributed by atoms with van der Waals surface area (Å²) in [4.78, 5) is 34.6.